The Morgan fingerprint density at radius 3 is 2.50 bits per heavy atom. The Balaban J connectivity index is 2.84. The van der Waals surface area contributed by atoms with Gasteiger partial charge in [0.05, 0.1) is 5.69 Å². The lowest BCUT2D eigenvalue weighted by molar-refractivity contribution is 0.718. The summed E-state index contributed by atoms with van der Waals surface area (Å²) >= 11 is 0. The highest BCUT2D eigenvalue weighted by Crippen LogP contribution is 2.21. The highest BCUT2D eigenvalue weighted by Gasteiger charge is 2.01. The van der Waals surface area contributed by atoms with Crippen LogP contribution in [0.3, 0.4) is 0 Å². The maximum absolute atomic E-state index is 5.63. The standard InChI is InChI=1S/C13H21N5/c1-2-3-4-7-10-8-5-6-9-11(10)17-13(16)18-12(14)15/h5-6,8-9H,2-4,7H2,1H3,(H6,14,15,16,17,18). The number of para-hydroxylation sites is 1. The molecule has 0 atom stereocenters. The van der Waals surface area contributed by atoms with E-state index in [-0.39, 0.29) is 11.9 Å². The fraction of sp³-hybridized carbons (Fsp3) is 0.385. The van der Waals surface area contributed by atoms with Crippen molar-refractivity contribution in [2.45, 2.75) is 32.6 Å². The maximum atomic E-state index is 5.63. The number of unbranched alkanes of at least 4 members (excludes halogenated alkanes) is 2. The van der Waals surface area contributed by atoms with Gasteiger partial charge in [-0.1, -0.05) is 38.0 Å². The van der Waals surface area contributed by atoms with Crippen molar-refractivity contribution in [3.05, 3.63) is 29.8 Å². The van der Waals surface area contributed by atoms with Crippen LogP contribution in [-0.4, -0.2) is 11.9 Å². The summed E-state index contributed by atoms with van der Waals surface area (Å²) in [6.45, 7) is 2.18. The molecule has 0 saturated carbocycles. The molecule has 1 rings (SSSR count). The first kappa shape index (κ1) is 14.0. The van der Waals surface area contributed by atoms with Gasteiger partial charge in [0.2, 0.25) is 5.96 Å². The number of nitrogens with zero attached hydrogens (tertiary/aromatic N) is 2. The maximum Gasteiger partial charge on any atom is 0.223 e. The molecular formula is C13H21N5. The molecule has 0 unspecified atom stereocenters. The Kier molecular flexibility index (Phi) is 5.70. The minimum atomic E-state index is -0.0836. The van der Waals surface area contributed by atoms with E-state index in [1.54, 1.807) is 0 Å². The van der Waals surface area contributed by atoms with E-state index in [1.807, 2.05) is 18.2 Å². The highest BCUT2D eigenvalue weighted by molar-refractivity contribution is 5.93. The minimum absolute atomic E-state index is 0.0814. The summed E-state index contributed by atoms with van der Waals surface area (Å²) < 4.78 is 0. The quantitative estimate of drug-likeness (QED) is 0.418. The van der Waals surface area contributed by atoms with Crippen molar-refractivity contribution in [2.75, 3.05) is 0 Å². The van der Waals surface area contributed by atoms with Crippen LogP contribution in [0.25, 0.3) is 0 Å². The molecule has 1 aromatic rings. The van der Waals surface area contributed by atoms with Gasteiger partial charge in [-0.3, -0.25) is 0 Å². The van der Waals surface area contributed by atoms with Gasteiger partial charge in [0.15, 0.2) is 5.96 Å². The predicted octanol–water partition coefficient (Wildman–Crippen LogP) is 1.64. The van der Waals surface area contributed by atoms with Gasteiger partial charge in [0, 0.05) is 0 Å². The first-order chi connectivity index (χ1) is 8.63. The fourth-order valence-electron chi connectivity index (χ4n) is 1.68. The zero-order chi connectivity index (χ0) is 13.4. The molecule has 0 amide bonds. The van der Waals surface area contributed by atoms with E-state index >= 15 is 0 Å². The van der Waals surface area contributed by atoms with E-state index in [9.17, 15) is 0 Å². The highest BCUT2D eigenvalue weighted by atomic mass is 15.1. The van der Waals surface area contributed by atoms with Crippen molar-refractivity contribution in [1.29, 1.82) is 0 Å². The smallest absolute Gasteiger partial charge is 0.223 e. The summed E-state index contributed by atoms with van der Waals surface area (Å²) in [5.74, 6) is -0.00217. The van der Waals surface area contributed by atoms with Crippen molar-refractivity contribution in [3.8, 4) is 0 Å². The van der Waals surface area contributed by atoms with Crippen LogP contribution < -0.4 is 17.2 Å². The Bertz CT molecular complexity index is 433. The average molecular weight is 247 g/mol. The van der Waals surface area contributed by atoms with Gasteiger partial charge in [-0.05, 0) is 24.5 Å². The van der Waals surface area contributed by atoms with Crippen LogP contribution in [0, 0.1) is 0 Å². The van der Waals surface area contributed by atoms with Crippen molar-refractivity contribution in [3.63, 3.8) is 0 Å². The Hall–Kier alpha value is -2.04. The summed E-state index contributed by atoms with van der Waals surface area (Å²) in [5.41, 5.74) is 18.1. The Morgan fingerprint density at radius 2 is 1.83 bits per heavy atom. The molecule has 0 fully saturated rings. The van der Waals surface area contributed by atoms with Gasteiger partial charge < -0.3 is 17.2 Å². The number of rotatable bonds is 5. The first-order valence-corrected chi connectivity index (χ1v) is 6.15. The number of guanidine groups is 2. The SMILES string of the molecule is CCCCCc1ccccc1N=C(N)N=C(N)N. The Morgan fingerprint density at radius 1 is 1.11 bits per heavy atom. The van der Waals surface area contributed by atoms with Gasteiger partial charge in [-0.15, -0.1) is 0 Å². The second kappa shape index (κ2) is 7.32. The van der Waals surface area contributed by atoms with E-state index < -0.39 is 0 Å². The van der Waals surface area contributed by atoms with Gasteiger partial charge in [0.25, 0.3) is 0 Å². The van der Waals surface area contributed by atoms with Crippen LogP contribution >= 0.6 is 0 Å². The number of aryl methyl sites for hydroxylation is 1. The summed E-state index contributed by atoms with van der Waals surface area (Å²) in [5, 5.41) is 0. The lowest BCUT2D eigenvalue weighted by atomic mass is 10.1. The molecular weight excluding hydrogens is 226 g/mol. The zero-order valence-corrected chi connectivity index (χ0v) is 10.8. The molecule has 0 heterocycles. The van der Waals surface area contributed by atoms with Crippen LogP contribution in [0.1, 0.15) is 31.7 Å². The number of hydrogen-bond donors (Lipinski definition) is 3. The second-order valence-electron chi connectivity index (χ2n) is 4.09. The van der Waals surface area contributed by atoms with Gasteiger partial charge in [-0.25, -0.2) is 4.99 Å². The van der Waals surface area contributed by atoms with Crippen molar-refractivity contribution < 1.29 is 0 Å². The normalized spacial score (nSPS) is 11.3. The average Bonchev–Trinajstić information content (AvgIpc) is 2.30. The third-order valence-electron chi connectivity index (χ3n) is 2.52. The van der Waals surface area contributed by atoms with Gasteiger partial charge >= 0.3 is 0 Å². The molecule has 0 bridgehead atoms. The van der Waals surface area contributed by atoms with Gasteiger partial charge in [-0.2, -0.15) is 4.99 Å². The zero-order valence-electron chi connectivity index (χ0n) is 10.8. The molecule has 98 valence electrons. The summed E-state index contributed by atoms with van der Waals surface area (Å²) in [7, 11) is 0. The van der Waals surface area contributed by atoms with Crippen LogP contribution in [0.4, 0.5) is 5.69 Å². The van der Waals surface area contributed by atoms with E-state index in [0.717, 1.165) is 18.5 Å². The van der Waals surface area contributed by atoms with Crippen molar-refractivity contribution >= 4 is 17.6 Å². The third kappa shape index (κ3) is 4.86. The lowest BCUT2D eigenvalue weighted by Crippen LogP contribution is -2.26. The number of hydrogen-bond acceptors (Lipinski definition) is 1. The molecule has 0 aromatic heterocycles. The largest absolute Gasteiger partial charge is 0.370 e. The van der Waals surface area contributed by atoms with Crippen LogP contribution in [0.2, 0.25) is 0 Å². The molecule has 5 heteroatoms. The van der Waals surface area contributed by atoms with E-state index in [1.165, 1.54) is 18.4 Å². The number of aliphatic imine (C=N–C) groups is 2. The molecule has 0 aliphatic heterocycles. The van der Waals surface area contributed by atoms with Crippen LogP contribution in [0.15, 0.2) is 34.3 Å². The summed E-state index contributed by atoms with van der Waals surface area (Å²) in [6, 6.07) is 7.88. The molecule has 5 nitrogen and oxygen atoms in total. The Labute approximate surface area is 108 Å². The fourth-order valence-corrected chi connectivity index (χ4v) is 1.68. The molecule has 0 radical (unpaired) electrons. The molecule has 0 spiro atoms. The monoisotopic (exact) mass is 247 g/mol. The molecule has 0 aliphatic rings. The van der Waals surface area contributed by atoms with Crippen LogP contribution in [0.5, 0.6) is 0 Å². The van der Waals surface area contributed by atoms with Crippen molar-refractivity contribution in [2.24, 2.45) is 27.2 Å². The third-order valence-corrected chi connectivity index (χ3v) is 2.52. The molecule has 6 N–H and O–H groups in total. The molecule has 1 aromatic carbocycles. The summed E-state index contributed by atoms with van der Waals surface area (Å²) in [4.78, 5) is 7.94. The van der Waals surface area contributed by atoms with E-state index in [0.29, 0.717) is 0 Å². The molecule has 0 aliphatic carbocycles. The van der Waals surface area contributed by atoms with E-state index in [2.05, 4.69) is 23.0 Å². The molecule has 18 heavy (non-hydrogen) atoms. The van der Waals surface area contributed by atoms with E-state index in [4.69, 9.17) is 17.2 Å². The summed E-state index contributed by atoms with van der Waals surface area (Å²) in [6.07, 6.45) is 4.54. The minimum Gasteiger partial charge on any atom is -0.370 e. The predicted molar refractivity (Wildman–Crippen MR) is 76.8 cm³/mol. The first-order valence-electron chi connectivity index (χ1n) is 6.15. The van der Waals surface area contributed by atoms with Crippen LogP contribution in [-0.2, 0) is 6.42 Å². The molecule has 0 saturated heterocycles. The van der Waals surface area contributed by atoms with Crippen molar-refractivity contribution in [1.82, 2.24) is 0 Å². The number of nitrogens with two attached hydrogens (primary N) is 3. The second-order valence-corrected chi connectivity index (χ2v) is 4.09. The van der Waals surface area contributed by atoms with Gasteiger partial charge in [0.1, 0.15) is 0 Å². The lowest BCUT2D eigenvalue weighted by Gasteiger charge is -2.05. The topological polar surface area (TPSA) is 103 Å². The number of benzene rings is 1.